The number of hydrogen-bond acceptors (Lipinski definition) is 2. The summed E-state index contributed by atoms with van der Waals surface area (Å²) in [6.45, 7) is 0. The minimum Gasteiger partial charge on any atom is -0.393 e. The second-order valence-electron chi connectivity index (χ2n) is 3.51. The number of fused-ring (bicyclic) bond motifs is 3. The number of aliphatic hydroxyl groups is 1. The van der Waals surface area contributed by atoms with Gasteiger partial charge in [-0.2, -0.15) is 0 Å². The standard InChI is InChI=1S/C8H12O2/c9-7-4-6-2-1-5(7)3-8(6)10/h5-7,9H,1-4H2/t5?,6?,7-/m0/s1. The Kier molecular flexibility index (Phi) is 1.31. The van der Waals surface area contributed by atoms with E-state index >= 15 is 0 Å². The van der Waals surface area contributed by atoms with Gasteiger partial charge in [0.15, 0.2) is 0 Å². The van der Waals surface area contributed by atoms with Gasteiger partial charge in [0.2, 0.25) is 0 Å². The lowest BCUT2D eigenvalue weighted by Gasteiger charge is -2.38. The first-order valence-corrected chi connectivity index (χ1v) is 3.98. The molecule has 0 aliphatic heterocycles. The predicted molar refractivity (Wildman–Crippen MR) is 36.5 cm³/mol. The zero-order valence-corrected chi connectivity index (χ0v) is 5.92. The molecule has 0 amide bonds. The average molecular weight is 140 g/mol. The molecule has 3 saturated carbocycles. The molecule has 2 bridgehead atoms. The van der Waals surface area contributed by atoms with Crippen LogP contribution in [0.2, 0.25) is 0 Å². The van der Waals surface area contributed by atoms with Crippen LogP contribution in [0.1, 0.15) is 25.7 Å². The Balaban J connectivity index is 2.16. The molecule has 2 unspecified atom stereocenters. The molecule has 2 nitrogen and oxygen atoms in total. The SMILES string of the molecule is O=C1CC2CCC1C[C@@H]2O. The van der Waals surface area contributed by atoms with Gasteiger partial charge in [0, 0.05) is 12.3 Å². The topological polar surface area (TPSA) is 37.3 Å². The summed E-state index contributed by atoms with van der Waals surface area (Å²) in [6.07, 6.45) is 3.31. The van der Waals surface area contributed by atoms with Crippen molar-refractivity contribution < 1.29 is 9.90 Å². The molecular weight excluding hydrogens is 128 g/mol. The molecule has 3 aliphatic carbocycles. The maximum Gasteiger partial charge on any atom is 0.136 e. The van der Waals surface area contributed by atoms with Crippen molar-refractivity contribution in [2.45, 2.75) is 31.8 Å². The summed E-state index contributed by atoms with van der Waals surface area (Å²) in [4.78, 5) is 11.1. The van der Waals surface area contributed by atoms with Crippen molar-refractivity contribution in [1.29, 1.82) is 0 Å². The van der Waals surface area contributed by atoms with Crippen molar-refractivity contribution in [2.24, 2.45) is 11.8 Å². The Hall–Kier alpha value is -0.370. The molecule has 0 radical (unpaired) electrons. The molecule has 0 heterocycles. The lowest BCUT2D eigenvalue weighted by molar-refractivity contribution is -0.134. The fourth-order valence-corrected chi connectivity index (χ4v) is 2.17. The van der Waals surface area contributed by atoms with Gasteiger partial charge in [0.1, 0.15) is 5.78 Å². The van der Waals surface area contributed by atoms with E-state index in [1.165, 1.54) is 0 Å². The Bertz CT molecular complexity index is 165. The summed E-state index contributed by atoms with van der Waals surface area (Å²) in [5, 5.41) is 9.36. The van der Waals surface area contributed by atoms with Crippen molar-refractivity contribution in [1.82, 2.24) is 0 Å². The van der Waals surface area contributed by atoms with Crippen molar-refractivity contribution >= 4 is 5.78 Å². The van der Waals surface area contributed by atoms with E-state index in [1.807, 2.05) is 0 Å². The van der Waals surface area contributed by atoms with Crippen LogP contribution < -0.4 is 0 Å². The molecule has 0 spiro atoms. The highest BCUT2D eigenvalue weighted by Gasteiger charge is 2.39. The van der Waals surface area contributed by atoms with E-state index in [2.05, 4.69) is 0 Å². The molecule has 0 saturated heterocycles. The van der Waals surface area contributed by atoms with Gasteiger partial charge in [-0.1, -0.05) is 0 Å². The summed E-state index contributed by atoms with van der Waals surface area (Å²) in [5.74, 6) is 0.902. The number of ketones is 1. The van der Waals surface area contributed by atoms with Gasteiger partial charge in [-0.05, 0) is 25.2 Å². The van der Waals surface area contributed by atoms with Crippen LogP contribution in [0.25, 0.3) is 0 Å². The lowest BCUT2D eigenvalue weighted by Crippen LogP contribution is -2.40. The molecule has 3 atom stereocenters. The summed E-state index contributed by atoms with van der Waals surface area (Å²) in [6, 6.07) is 0. The number of carbonyl (C=O) groups is 1. The fraction of sp³-hybridized carbons (Fsp3) is 0.875. The van der Waals surface area contributed by atoms with Gasteiger partial charge in [-0.3, -0.25) is 4.79 Å². The number of carbonyl (C=O) groups excluding carboxylic acids is 1. The van der Waals surface area contributed by atoms with E-state index in [9.17, 15) is 9.90 Å². The zero-order chi connectivity index (χ0) is 7.14. The summed E-state index contributed by atoms with van der Waals surface area (Å²) < 4.78 is 0. The predicted octanol–water partition coefficient (Wildman–Crippen LogP) is 0.736. The molecule has 1 N–H and O–H groups in total. The Morgan fingerprint density at radius 3 is 2.50 bits per heavy atom. The Morgan fingerprint density at radius 2 is 2.20 bits per heavy atom. The third-order valence-corrected chi connectivity index (χ3v) is 2.87. The van der Waals surface area contributed by atoms with Crippen LogP contribution in [0.15, 0.2) is 0 Å². The summed E-state index contributed by atoms with van der Waals surface area (Å²) >= 11 is 0. The third-order valence-electron chi connectivity index (χ3n) is 2.87. The van der Waals surface area contributed by atoms with E-state index in [-0.39, 0.29) is 12.0 Å². The van der Waals surface area contributed by atoms with E-state index in [0.717, 1.165) is 19.3 Å². The number of Topliss-reactive ketones (excluding diaryl/α,β-unsaturated/α-hetero) is 1. The van der Waals surface area contributed by atoms with Crippen LogP contribution in [0.5, 0.6) is 0 Å². The van der Waals surface area contributed by atoms with E-state index in [0.29, 0.717) is 18.1 Å². The monoisotopic (exact) mass is 140 g/mol. The van der Waals surface area contributed by atoms with Gasteiger partial charge in [0.25, 0.3) is 0 Å². The average Bonchev–Trinajstić information content (AvgIpc) is 1.91. The highest BCUT2D eigenvalue weighted by atomic mass is 16.3. The molecule has 0 aromatic rings. The van der Waals surface area contributed by atoms with Crippen LogP contribution in [-0.2, 0) is 4.79 Å². The smallest absolute Gasteiger partial charge is 0.136 e. The van der Waals surface area contributed by atoms with Crippen LogP contribution >= 0.6 is 0 Å². The van der Waals surface area contributed by atoms with Gasteiger partial charge in [0.05, 0.1) is 6.10 Å². The van der Waals surface area contributed by atoms with Crippen molar-refractivity contribution in [3.63, 3.8) is 0 Å². The number of rotatable bonds is 0. The van der Waals surface area contributed by atoms with Gasteiger partial charge >= 0.3 is 0 Å². The van der Waals surface area contributed by atoms with Crippen LogP contribution in [0.3, 0.4) is 0 Å². The second-order valence-corrected chi connectivity index (χ2v) is 3.51. The molecule has 10 heavy (non-hydrogen) atoms. The zero-order valence-electron chi connectivity index (χ0n) is 5.92. The summed E-state index contributed by atoms with van der Waals surface area (Å²) in [5.41, 5.74) is 0. The number of hydrogen-bond donors (Lipinski definition) is 1. The molecule has 3 aliphatic rings. The Labute approximate surface area is 60.2 Å². The first kappa shape index (κ1) is 6.35. The minimum atomic E-state index is -0.170. The van der Waals surface area contributed by atoms with E-state index < -0.39 is 0 Å². The third kappa shape index (κ3) is 0.788. The molecule has 56 valence electrons. The lowest BCUT2D eigenvalue weighted by atomic mass is 9.68. The Morgan fingerprint density at radius 1 is 1.40 bits per heavy atom. The highest BCUT2D eigenvalue weighted by molar-refractivity contribution is 5.82. The molecule has 3 fully saturated rings. The molecular formula is C8H12O2. The maximum absolute atomic E-state index is 11.1. The second kappa shape index (κ2) is 2.06. The molecule has 2 heteroatoms. The minimum absolute atomic E-state index is 0.170. The van der Waals surface area contributed by atoms with Crippen molar-refractivity contribution in [3.8, 4) is 0 Å². The van der Waals surface area contributed by atoms with Crippen LogP contribution in [-0.4, -0.2) is 17.0 Å². The first-order chi connectivity index (χ1) is 4.77. The first-order valence-electron chi connectivity index (χ1n) is 3.98. The molecule has 0 aromatic carbocycles. The van der Waals surface area contributed by atoms with E-state index in [4.69, 9.17) is 0 Å². The van der Waals surface area contributed by atoms with Crippen molar-refractivity contribution in [3.05, 3.63) is 0 Å². The van der Waals surface area contributed by atoms with Gasteiger partial charge in [-0.15, -0.1) is 0 Å². The molecule has 3 rings (SSSR count). The van der Waals surface area contributed by atoms with Crippen molar-refractivity contribution in [2.75, 3.05) is 0 Å². The summed E-state index contributed by atoms with van der Waals surface area (Å²) in [7, 11) is 0. The highest BCUT2D eigenvalue weighted by Crippen LogP contribution is 2.38. The quantitative estimate of drug-likeness (QED) is 0.538. The largest absolute Gasteiger partial charge is 0.393 e. The van der Waals surface area contributed by atoms with Crippen LogP contribution in [0, 0.1) is 11.8 Å². The van der Waals surface area contributed by atoms with Crippen LogP contribution in [0.4, 0.5) is 0 Å². The normalized spacial score (nSPS) is 46.1. The van der Waals surface area contributed by atoms with Gasteiger partial charge in [-0.25, -0.2) is 0 Å². The van der Waals surface area contributed by atoms with Gasteiger partial charge < -0.3 is 5.11 Å². The van der Waals surface area contributed by atoms with E-state index in [1.54, 1.807) is 0 Å². The fourth-order valence-electron chi connectivity index (χ4n) is 2.17. The number of aliphatic hydroxyl groups excluding tert-OH is 1. The maximum atomic E-state index is 11.1. The molecule has 0 aromatic heterocycles.